The molecule has 0 aliphatic heterocycles. The van der Waals surface area contributed by atoms with Gasteiger partial charge in [-0.15, -0.1) is 0 Å². The van der Waals surface area contributed by atoms with Crippen LogP contribution < -0.4 is 4.74 Å². The Morgan fingerprint density at radius 3 is 2.67 bits per heavy atom. The SMILES string of the molecule is CCC1CCCC(Oc2c(F)cc(F)cc2S(=O)(=O)Cl)C1. The van der Waals surface area contributed by atoms with E-state index >= 15 is 0 Å². The highest BCUT2D eigenvalue weighted by Crippen LogP contribution is 2.35. The van der Waals surface area contributed by atoms with Gasteiger partial charge in [0, 0.05) is 16.7 Å². The molecule has 21 heavy (non-hydrogen) atoms. The van der Waals surface area contributed by atoms with Crippen molar-refractivity contribution in [2.75, 3.05) is 0 Å². The predicted octanol–water partition coefficient (Wildman–Crippen LogP) is 4.24. The Bertz CT molecular complexity index is 619. The lowest BCUT2D eigenvalue weighted by Gasteiger charge is -2.29. The second-order valence-electron chi connectivity index (χ2n) is 5.33. The van der Waals surface area contributed by atoms with E-state index < -0.39 is 31.3 Å². The van der Waals surface area contributed by atoms with Crippen LogP contribution in [0.3, 0.4) is 0 Å². The minimum Gasteiger partial charge on any atom is -0.486 e. The van der Waals surface area contributed by atoms with Crippen molar-refractivity contribution in [1.29, 1.82) is 0 Å². The first-order valence-electron chi connectivity index (χ1n) is 6.91. The number of rotatable bonds is 4. The molecule has 0 radical (unpaired) electrons. The van der Waals surface area contributed by atoms with E-state index in [1.165, 1.54) is 0 Å². The van der Waals surface area contributed by atoms with Gasteiger partial charge < -0.3 is 4.74 Å². The molecule has 0 saturated heterocycles. The topological polar surface area (TPSA) is 43.4 Å². The molecule has 2 atom stereocenters. The molecule has 1 aliphatic carbocycles. The summed E-state index contributed by atoms with van der Waals surface area (Å²) in [5.74, 6) is -2.06. The van der Waals surface area contributed by atoms with Crippen LogP contribution in [0.4, 0.5) is 8.78 Å². The molecule has 0 N–H and O–H groups in total. The average molecular weight is 339 g/mol. The van der Waals surface area contributed by atoms with Crippen molar-refractivity contribution in [1.82, 2.24) is 0 Å². The molecule has 1 aliphatic rings. The van der Waals surface area contributed by atoms with Gasteiger partial charge in [-0.1, -0.05) is 19.8 Å². The van der Waals surface area contributed by atoms with Gasteiger partial charge in [-0.2, -0.15) is 0 Å². The lowest BCUT2D eigenvalue weighted by atomic mass is 9.85. The summed E-state index contributed by atoms with van der Waals surface area (Å²) in [6, 6.07) is 1.28. The molecule has 1 aromatic carbocycles. The Kier molecular flexibility index (Phi) is 5.09. The number of halogens is 3. The van der Waals surface area contributed by atoms with Crippen LogP contribution in [0, 0.1) is 17.6 Å². The highest BCUT2D eigenvalue weighted by Gasteiger charge is 2.28. The Balaban J connectivity index is 2.31. The maximum absolute atomic E-state index is 13.9. The first-order chi connectivity index (χ1) is 9.81. The van der Waals surface area contributed by atoms with Gasteiger partial charge in [0.2, 0.25) is 0 Å². The summed E-state index contributed by atoms with van der Waals surface area (Å²) in [5, 5.41) is 0. The molecule has 1 saturated carbocycles. The molecule has 1 aromatic rings. The largest absolute Gasteiger partial charge is 0.486 e. The summed E-state index contributed by atoms with van der Waals surface area (Å²) >= 11 is 0. The zero-order valence-electron chi connectivity index (χ0n) is 11.6. The Morgan fingerprint density at radius 2 is 2.05 bits per heavy atom. The summed E-state index contributed by atoms with van der Waals surface area (Å²) in [7, 11) is 0.959. The van der Waals surface area contributed by atoms with Gasteiger partial charge in [0.1, 0.15) is 10.7 Å². The van der Waals surface area contributed by atoms with Crippen LogP contribution in [0.5, 0.6) is 5.75 Å². The lowest BCUT2D eigenvalue weighted by Crippen LogP contribution is -2.26. The fourth-order valence-corrected chi connectivity index (χ4v) is 3.68. The van der Waals surface area contributed by atoms with Crippen molar-refractivity contribution in [2.45, 2.75) is 50.0 Å². The molecule has 2 rings (SSSR count). The summed E-state index contributed by atoms with van der Waals surface area (Å²) in [5.41, 5.74) is 0. The van der Waals surface area contributed by atoms with Crippen LogP contribution in [0.1, 0.15) is 39.0 Å². The van der Waals surface area contributed by atoms with E-state index in [0.717, 1.165) is 32.1 Å². The number of benzene rings is 1. The second kappa shape index (κ2) is 6.48. The van der Waals surface area contributed by atoms with Crippen molar-refractivity contribution in [3.8, 4) is 5.75 Å². The normalized spacial score (nSPS) is 23.0. The van der Waals surface area contributed by atoms with E-state index in [1.54, 1.807) is 0 Å². The maximum Gasteiger partial charge on any atom is 0.265 e. The van der Waals surface area contributed by atoms with E-state index in [9.17, 15) is 17.2 Å². The monoisotopic (exact) mass is 338 g/mol. The van der Waals surface area contributed by atoms with Crippen molar-refractivity contribution in [3.05, 3.63) is 23.8 Å². The van der Waals surface area contributed by atoms with Gasteiger partial charge in [-0.25, -0.2) is 17.2 Å². The number of ether oxygens (including phenoxy) is 1. The molecular formula is C14H17ClF2O3S. The van der Waals surface area contributed by atoms with E-state index in [4.69, 9.17) is 15.4 Å². The van der Waals surface area contributed by atoms with E-state index in [-0.39, 0.29) is 6.10 Å². The lowest BCUT2D eigenvalue weighted by molar-refractivity contribution is 0.113. The third kappa shape index (κ3) is 4.07. The fourth-order valence-electron chi connectivity index (χ4n) is 2.72. The third-order valence-electron chi connectivity index (χ3n) is 3.83. The first-order valence-corrected chi connectivity index (χ1v) is 9.22. The molecule has 118 valence electrons. The van der Waals surface area contributed by atoms with Crippen molar-refractivity contribution in [2.24, 2.45) is 5.92 Å². The van der Waals surface area contributed by atoms with Gasteiger partial charge in [0.15, 0.2) is 11.6 Å². The summed E-state index contributed by atoms with van der Waals surface area (Å²) in [6.07, 6.45) is 4.19. The number of hydrogen-bond acceptors (Lipinski definition) is 3. The summed E-state index contributed by atoms with van der Waals surface area (Å²) in [4.78, 5) is -0.653. The van der Waals surface area contributed by atoms with Crippen LogP contribution in [-0.4, -0.2) is 14.5 Å². The Labute approximate surface area is 127 Å². The molecule has 7 heteroatoms. The van der Waals surface area contributed by atoms with Gasteiger partial charge >= 0.3 is 0 Å². The molecule has 0 heterocycles. The molecule has 0 aromatic heterocycles. The van der Waals surface area contributed by atoms with Crippen molar-refractivity contribution >= 4 is 19.7 Å². The zero-order valence-corrected chi connectivity index (χ0v) is 13.2. The minimum absolute atomic E-state index is 0.277. The predicted molar refractivity (Wildman–Crippen MR) is 76.1 cm³/mol. The minimum atomic E-state index is -4.28. The standard InChI is InChI=1S/C14H17ClF2O3S/c1-2-9-4-3-5-11(6-9)20-14-12(17)7-10(16)8-13(14)21(15,18)19/h7-9,11H,2-6H2,1H3. The third-order valence-corrected chi connectivity index (χ3v) is 5.16. The van der Waals surface area contributed by atoms with E-state index in [2.05, 4.69) is 6.92 Å². The highest BCUT2D eigenvalue weighted by molar-refractivity contribution is 8.13. The first kappa shape index (κ1) is 16.5. The molecule has 0 bridgehead atoms. The zero-order chi connectivity index (χ0) is 15.6. The van der Waals surface area contributed by atoms with Crippen LogP contribution in [0.2, 0.25) is 0 Å². The van der Waals surface area contributed by atoms with Crippen LogP contribution in [0.25, 0.3) is 0 Å². The quantitative estimate of drug-likeness (QED) is 0.771. The highest BCUT2D eigenvalue weighted by atomic mass is 35.7. The van der Waals surface area contributed by atoms with E-state index in [0.29, 0.717) is 18.1 Å². The average Bonchev–Trinajstić information content (AvgIpc) is 2.40. The van der Waals surface area contributed by atoms with Gasteiger partial charge in [-0.3, -0.25) is 0 Å². The van der Waals surface area contributed by atoms with Crippen molar-refractivity contribution in [3.63, 3.8) is 0 Å². The summed E-state index contributed by atoms with van der Waals surface area (Å²) in [6.45, 7) is 2.07. The fraction of sp³-hybridized carbons (Fsp3) is 0.571. The van der Waals surface area contributed by atoms with Gasteiger partial charge in [0.05, 0.1) is 6.10 Å². The molecular weight excluding hydrogens is 322 g/mol. The molecule has 1 fully saturated rings. The van der Waals surface area contributed by atoms with Crippen LogP contribution in [0.15, 0.2) is 17.0 Å². The van der Waals surface area contributed by atoms with Crippen molar-refractivity contribution < 1.29 is 21.9 Å². The van der Waals surface area contributed by atoms with E-state index in [1.807, 2.05) is 0 Å². The maximum atomic E-state index is 13.9. The summed E-state index contributed by atoms with van der Waals surface area (Å²) < 4.78 is 55.6. The van der Waals surface area contributed by atoms with Gasteiger partial charge in [0.25, 0.3) is 9.05 Å². The van der Waals surface area contributed by atoms with Gasteiger partial charge in [-0.05, 0) is 31.2 Å². The Morgan fingerprint density at radius 1 is 1.33 bits per heavy atom. The smallest absolute Gasteiger partial charge is 0.265 e. The van der Waals surface area contributed by atoms with Crippen LogP contribution in [-0.2, 0) is 9.05 Å². The number of hydrogen-bond donors (Lipinski definition) is 0. The van der Waals surface area contributed by atoms with Crippen LogP contribution >= 0.6 is 10.7 Å². The molecule has 0 amide bonds. The molecule has 2 unspecified atom stereocenters. The Hall–Kier alpha value is -0.880. The molecule has 3 nitrogen and oxygen atoms in total. The second-order valence-corrected chi connectivity index (χ2v) is 7.87. The molecule has 0 spiro atoms.